The van der Waals surface area contributed by atoms with Gasteiger partial charge >= 0.3 is 5.97 Å². The molecule has 4 fully saturated rings. The highest BCUT2D eigenvalue weighted by Crippen LogP contribution is 2.52. The second-order valence-corrected chi connectivity index (χ2v) is 11.2. The largest absolute Gasteiger partial charge is 0.462 e. The predicted octanol–water partition coefficient (Wildman–Crippen LogP) is 1.77. The molecule has 0 spiro atoms. The summed E-state index contributed by atoms with van der Waals surface area (Å²) >= 11 is 0. The summed E-state index contributed by atoms with van der Waals surface area (Å²) in [6, 6.07) is 0. The van der Waals surface area contributed by atoms with Crippen LogP contribution < -0.4 is 5.32 Å². The Kier molecular flexibility index (Phi) is 7.75. The predicted molar refractivity (Wildman–Crippen MR) is 123 cm³/mol. The molecule has 37 heavy (non-hydrogen) atoms. The third-order valence-corrected chi connectivity index (χ3v) is 8.30. The van der Waals surface area contributed by atoms with Crippen molar-refractivity contribution in [3.63, 3.8) is 0 Å². The number of halogens is 2. The number of ether oxygens (including phenoxy) is 5. The second-order valence-electron chi connectivity index (χ2n) is 11.2. The van der Waals surface area contributed by atoms with Crippen molar-refractivity contribution in [3.05, 3.63) is 12.2 Å². The van der Waals surface area contributed by atoms with Crippen LogP contribution in [0.1, 0.15) is 59.8 Å². The smallest absolute Gasteiger partial charge is 0.306 e. The first-order valence-electron chi connectivity index (χ1n) is 12.7. The van der Waals surface area contributed by atoms with Crippen LogP contribution in [0.25, 0.3) is 0 Å². The summed E-state index contributed by atoms with van der Waals surface area (Å²) in [5, 5.41) is 23.9. The van der Waals surface area contributed by atoms with E-state index < -0.39 is 72.7 Å². The second kappa shape index (κ2) is 10.1. The van der Waals surface area contributed by atoms with E-state index in [1.807, 2.05) is 6.92 Å². The van der Waals surface area contributed by atoms with Crippen LogP contribution in [0.3, 0.4) is 0 Å². The third kappa shape index (κ3) is 5.16. The van der Waals surface area contributed by atoms with Crippen molar-refractivity contribution in [3.8, 4) is 0 Å². The zero-order valence-electron chi connectivity index (χ0n) is 21.6. The van der Waals surface area contributed by atoms with Gasteiger partial charge in [-0.1, -0.05) is 32.9 Å². The molecule has 0 aromatic rings. The summed E-state index contributed by atoms with van der Waals surface area (Å²) in [5.74, 6) is -7.22. The quantitative estimate of drug-likeness (QED) is 0.357. The molecule has 4 saturated heterocycles. The van der Waals surface area contributed by atoms with E-state index in [-0.39, 0.29) is 31.1 Å². The molecule has 0 aromatic heterocycles. The molecule has 0 saturated carbocycles. The van der Waals surface area contributed by atoms with Crippen molar-refractivity contribution in [2.45, 2.75) is 114 Å². The molecule has 4 heterocycles. The maximum Gasteiger partial charge on any atom is 0.306 e. The molecule has 12 heteroatoms. The highest BCUT2D eigenvalue weighted by atomic mass is 19.3. The number of carbonyl (C=O) groups excluding carboxylic acids is 2. The number of esters is 1. The molecule has 3 N–H and O–H groups in total. The number of rotatable bonds is 5. The van der Waals surface area contributed by atoms with Gasteiger partial charge in [0, 0.05) is 25.2 Å². The van der Waals surface area contributed by atoms with Gasteiger partial charge in [-0.15, -0.1) is 0 Å². The SMILES string of the molecule is C=C1C[C@](O)(C(O)C(=O)NC2OCO[C@H]3[C@@H]2OC(CC2CCCC(=O)O2)C(C)(C)C3(F)F)O[C@H](C)[C@@H]1C. The number of amides is 1. The van der Waals surface area contributed by atoms with Crippen molar-refractivity contribution >= 4 is 11.9 Å². The maximum atomic E-state index is 15.7. The molecule has 9 atom stereocenters. The third-order valence-electron chi connectivity index (χ3n) is 8.30. The van der Waals surface area contributed by atoms with Gasteiger partial charge in [0.25, 0.3) is 11.8 Å². The molecule has 1 amide bonds. The Morgan fingerprint density at radius 2 is 1.97 bits per heavy atom. The standard InChI is InChI=1S/C25H37F2NO9/c1-12-10-24(32,37-14(3)13(12)2)19(30)21(31)28-22-18-20(33-11-34-22)25(26,27)23(4,5)16(36-18)9-15-7-6-8-17(29)35-15/h13-16,18-20,22,30,32H,1,6-11H2,2-5H3,(H,28,31)/t13-,14-,15?,16?,18+,19?,20+,22?,24-/m1/s1. The van der Waals surface area contributed by atoms with Crippen LogP contribution in [-0.4, -0.2) is 83.4 Å². The van der Waals surface area contributed by atoms with Gasteiger partial charge in [0.15, 0.2) is 18.4 Å². The normalized spacial score (nSPS) is 42.3. The zero-order chi connectivity index (χ0) is 27.3. The first kappa shape index (κ1) is 28.3. The van der Waals surface area contributed by atoms with E-state index in [4.69, 9.17) is 23.7 Å². The lowest BCUT2D eigenvalue weighted by Crippen LogP contribution is -2.71. The Morgan fingerprint density at radius 1 is 1.27 bits per heavy atom. The van der Waals surface area contributed by atoms with E-state index in [9.17, 15) is 19.8 Å². The Labute approximate surface area is 214 Å². The Bertz CT molecular complexity index is 915. The molecule has 210 valence electrons. The van der Waals surface area contributed by atoms with Gasteiger partial charge in [-0.25, -0.2) is 8.78 Å². The fraction of sp³-hybridized carbons (Fsp3) is 0.840. The molecule has 4 rings (SSSR count). The number of aliphatic hydroxyl groups excluding tert-OH is 1. The summed E-state index contributed by atoms with van der Waals surface area (Å²) < 4.78 is 59.1. The minimum absolute atomic E-state index is 0.0343. The van der Waals surface area contributed by atoms with Gasteiger partial charge in [-0.2, -0.15) is 0 Å². The lowest BCUT2D eigenvalue weighted by molar-refractivity contribution is -0.372. The average Bonchev–Trinajstić information content (AvgIpc) is 2.81. The van der Waals surface area contributed by atoms with Crippen molar-refractivity contribution in [1.29, 1.82) is 0 Å². The van der Waals surface area contributed by atoms with Gasteiger partial charge in [-0.3, -0.25) is 9.59 Å². The fourth-order valence-corrected chi connectivity index (χ4v) is 5.45. The monoisotopic (exact) mass is 533 g/mol. The molecule has 0 aliphatic carbocycles. The van der Waals surface area contributed by atoms with E-state index in [0.29, 0.717) is 18.4 Å². The number of hydrogen-bond acceptors (Lipinski definition) is 9. The Morgan fingerprint density at radius 3 is 2.62 bits per heavy atom. The summed E-state index contributed by atoms with van der Waals surface area (Å²) in [6.45, 7) is 9.59. The van der Waals surface area contributed by atoms with Crippen LogP contribution in [0.4, 0.5) is 8.78 Å². The summed E-state index contributed by atoms with van der Waals surface area (Å²) in [4.78, 5) is 24.7. The van der Waals surface area contributed by atoms with Crippen molar-refractivity contribution in [2.24, 2.45) is 11.3 Å². The average molecular weight is 534 g/mol. The highest BCUT2D eigenvalue weighted by Gasteiger charge is 2.67. The molecule has 0 radical (unpaired) electrons. The van der Waals surface area contributed by atoms with Crippen molar-refractivity contribution in [2.75, 3.05) is 6.79 Å². The number of alkyl halides is 2. The molecule has 4 unspecified atom stereocenters. The summed E-state index contributed by atoms with van der Waals surface area (Å²) in [6.07, 6.45) is -7.55. The Hall–Kier alpha value is -1.70. The van der Waals surface area contributed by atoms with Crippen molar-refractivity contribution < 1.29 is 52.3 Å². The summed E-state index contributed by atoms with van der Waals surface area (Å²) in [5.41, 5.74) is -1.10. The highest BCUT2D eigenvalue weighted by molar-refractivity contribution is 5.82. The first-order valence-corrected chi connectivity index (χ1v) is 12.7. The number of fused-ring (bicyclic) bond motifs is 1. The number of aliphatic hydroxyl groups is 2. The van der Waals surface area contributed by atoms with E-state index in [1.165, 1.54) is 13.8 Å². The van der Waals surface area contributed by atoms with E-state index in [0.717, 1.165) is 0 Å². The number of carbonyl (C=O) groups is 2. The van der Waals surface area contributed by atoms with Crippen LogP contribution in [0.2, 0.25) is 0 Å². The molecule has 0 bridgehead atoms. The fourth-order valence-electron chi connectivity index (χ4n) is 5.45. The number of cyclic esters (lactones) is 1. The molecule has 4 aliphatic heterocycles. The lowest BCUT2D eigenvalue weighted by Gasteiger charge is -2.54. The van der Waals surface area contributed by atoms with E-state index in [1.54, 1.807) is 6.92 Å². The van der Waals surface area contributed by atoms with Crippen LogP contribution in [0.5, 0.6) is 0 Å². The van der Waals surface area contributed by atoms with Crippen molar-refractivity contribution in [1.82, 2.24) is 5.32 Å². The molecule has 10 nitrogen and oxygen atoms in total. The van der Waals surface area contributed by atoms with Crippen LogP contribution in [0.15, 0.2) is 12.2 Å². The molecular weight excluding hydrogens is 496 g/mol. The number of hydrogen-bond donors (Lipinski definition) is 3. The van der Waals surface area contributed by atoms with Crippen LogP contribution in [-0.2, 0) is 33.3 Å². The summed E-state index contributed by atoms with van der Waals surface area (Å²) in [7, 11) is 0. The van der Waals surface area contributed by atoms with Gasteiger partial charge in [-0.05, 0) is 19.8 Å². The Balaban J connectivity index is 1.50. The van der Waals surface area contributed by atoms with Gasteiger partial charge in [0.2, 0.25) is 5.79 Å². The van der Waals surface area contributed by atoms with E-state index in [2.05, 4.69) is 11.9 Å². The van der Waals surface area contributed by atoms with Gasteiger partial charge in [0.05, 0.1) is 17.6 Å². The minimum atomic E-state index is -3.40. The lowest BCUT2D eigenvalue weighted by atomic mass is 9.71. The first-order chi connectivity index (χ1) is 17.2. The molecule has 0 aromatic carbocycles. The topological polar surface area (TPSA) is 133 Å². The minimum Gasteiger partial charge on any atom is -0.462 e. The zero-order valence-corrected chi connectivity index (χ0v) is 21.6. The maximum absolute atomic E-state index is 15.7. The van der Waals surface area contributed by atoms with Gasteiger partial charge < -0.3 is 39.2 Å². The van der Waals surface area contributed by atoms with Crippen LogP contribution >= 0.6 is 0 Å². The van der Waals surface area contributed by atoms with E-state index >= 15 is 8.78 Å². The number of nitrogens with one attached hydrogen (secondary N) is 1. The molecule has 4 aliphatic rings. The molecular formula is C25H37F2NO9. The van der Waals surface area contributed by atoms with Crippen LogP contribution in [0, 0.1) is 11.3 Å². The van der Waals surface area contributed by atoms with Gasteiger partial charge in [0.1, 0.15) is 19.0 Å².